The molecule has 2 heterocycles. The molecular weight excluding hydrogens is 586 g/mol. The highest BCUT2D eigenvalue weighted by atomic mass is 16.7. The van der Waals surface area contributed by atoms with Gasteiger partial charge in [-0.3, -0.25) is 4.99 Å². The van der Waals surface area contributed by atoms with Gasteiger partial charge in [0.25, 0.3) is 0 Å². The molecule has 0 spiro atoms. The molecule has 10 N–H and O–H groups in total. The Kier molecular flexibility index (Phi) is 15.2. The predicted molar refractivity (Wildman–Crippen MR) is 168 cm³/mol. The summed E-state index contributed by atoms with van der Waals surface area (Å²) in [7, 11) is 0. The maximum atomic E-state index is 10.9. The molecule has 2 aliphatic heterocycles. The Bertz CT molecular complexity index is 1030. The van der Waals surface area contributed by atoms with Crippen molar-refractivity contribution in [2.45, 2.75) is 146 Å². The van der Waals surface area contributed by atoms with Crippen LogP contribution in [0.25, 0.3) is 0 Å². The summed E-state index contributed by atoms with van der Waals surface area (Å²) in [6.45, 7) is 7.92. The maximum absolute atomic E-state index is 10.9. The molecular formula is C32H55N3O10. The van der Waals surface area contributed by atoms with Crippen molar-refractivity contribution in [2.75, 3.05) is 13.2 Å². The van der Waals surface area contributed by atoms with Crippen molar-refractivity contribution in [2.24, 2.45) is 16.5 Å². The number of allylic oxidation sites excluding steroid dienone is 6. The first-order chi connectivity index (χ1) is 21.3. The van der Waals surface area contributed by atoms with Crippen molar-refractivity contribution in [3.8, 4) is 0 Å². The molecule has 3 rings (SSSR count). The third-order valence-corrected chi connectivity index (χ3v) is 8.57. The fraction of sp³-hybridized carbons (Fsp3) is 0.781. The second-order valence-electron chi connectivity index (χ2n) is 12.8. The first kappa shape index (κ1) is 37.9. The summed E-state index contributed by atoms with van der Waals surface area (Å²) in [5, 5.41) is 61.9. The molecule has 0 bridgehead atoms. The number of hydrogen-bond donors (Lipinski definition) is 8. The van der Waals surface area contributed by atoms with E-state index in [2.05, 4.69) is 37.9 Å². The Morgan fingerprint density at radius 2 is 1.47 bits per heavy atom. The fourth-order valence-electron chi connectivity index (χ4n) is 5.73. The zero-order valence-electron chi connectivity index (χ0n) is 26.9. The lowest BCUT2D eigenvalue weighted by Crippen LogP contribution is -2.65. The lowest BCUT2D eigenvalue weighted by Gasteiger charge is -2.45. The predicted octanol–water partition coefficient (Wildman–Crippen LogP) is -0.0582. The molecule has 13 atom stereocenters. The van der Waals surface area contributed by atoms with Gasteiger partial charge in [0.15, 0.2) is 12.6 Å². The van der Waals surface area contributed by atoms with Crippen LogP contribution < -0.4 is 11.5 Å². The number of nitrogens with zero attached hydrogens (tertiary/aromatic N) is 1. The Balaban J connectivity index is 1.57. The van der Waals surface area contributed by atoms with Gasteiger partial charge in [0.05, 0.1) is 25.4 Å². The summed E-state index contributed by atoms with van der Waals surface area (Å²) in [4.78, 5) is 4.38. The van der Waals surface area contributed by atoms with Crippen LogP contribution in [0.15, 0.2) is 39.9 Å². The average molecular weight is 642 g/mol. The van der Waals surface area contributed by atoms with Gasteiger partial charge in [0.1, 0.15) is 42.7 Å². The Morgan fingerprint density at radius 3 is 2.13 bits per heavy atom. The number of aliphatic hydroxyl groups excluding tert-OH is 6. The zero-order valence-corrected chi connectivity index (χ0v) is 26.9. The zero-order chi connectivity index (χ0) is 33.3. The molecule has 13 unspecified atom stereocenters. The molecule has 1 saturated carbocycles. The van der Waals surface area contributed by atoms with Crippen LogP contribution in [0.5, 0.6) is 0 Å². The van der Waals surface area contributed by atoms with Gasteiger partial charge >= 0.3 is 0 Å². The van der Waals surface area contributed by atoms with E-state index in [1.54, 1.807) is 6.21 Å². The van der Waals surface area contributed by atoms with Crippen molar-refractivity contribution in [3.05, 3.63) is 34.9 Å². The number of nitrogens with two attached hydrogens (primary N) is 2. The van der Waals surface area contributed by atoms with Crippen LogP contribution >= 0.6 is 0 Å². The molecule has 3 aliphatic rings. The standard InChI is InChI=1S/C32H55N3O10/c1-17(2)7-5-8-18(3)9-6-10-19(4)11-12-35-15-23-27(39)22(37)14-25(42-23)44-30-21(34)13-20(33)26(38)31(30)45-32-29(41)28(40)24(16-36)43-32/h7,9,11-12,20-32,36-41H,5-6,8,10,13-16,33-34H2,1-4H3/b18-9+,19-11+,35-12-. The monoisotopic (exact) mass is 641 g/mol. The summed E-state index contributed by atoms with van der Waals surface area (Å²) in [6.07, 6.45) is -0.956. The SMILES string of the molecule is CC(C)=CCC/C(C)=C/CC/C(C)=C/C=N\CC1OC(OC2C(N)CC(N)C(O)C2OC2OC(CO)C(O)C2O)CC(O)C1O. The largest absolute Gasteiger partial charge is 0.394 e. The summed E-state index contributed by atoms with van der Waals surface area (Å²) < 4.78 is 23.3. The van der Waals surface area contributed by atoms with E-state index in [0.29, 0.717) is 0 Å². The van der Waals surface area contributed by atoms with Crippen molar-refractivity contribution in [1.29, 1.82) is 0 Å². The minimum Gasteiger partial charge on any atom is -0.394 e. The van der Waals surface area contributed by atoms with E-state index < -0.39 is 86.2 Å². The van der Waals surface area contributed by atoms with Crippen LogP contribution in [-0.4, -0.2) is 130 Å². The first-order valence-corrected chi connectivity index (χ1v) is 15.9. The summed E-state index contributed by atoms with van der Waals surface area (Å²) >= 11 is 0. The van der Waals surface area contributed by atoms with E-state index in [4.69, 9.17) is 30.4 Å². The van der Waals surface area contributed by atoms with Gasteiger partial charge in [-0.15, -0.1) is 0 Å². The second-order valence-corrected chi connectivity index (χ2v) is 12.8. The number of aliphatic imine (C=N–C) groups is 1. The highest BCUT2D eigenvalue weighted by Crippen LogP contribution is 2.32. The molecule has 0 amide bonds. The second kappa shape index (κ2) is 18.1. The van der Waals surface area contributed by atoms with E-state index in [1.165, 1.54) is 11.1 Å². The fourth-order valence-corrected chi connectivity index (χ4v) is 5.73. The minimum atomic E-state index is -1.50. The molecule has 13 nitrogen and oxygen atoms in total. The summed E-state index contributed by atoms with van der Waals surface area (Å²) in [5.41, 5.74) is 16.3. The molecule has 1 aliphatic carbocycles. The Labute approximate surface area is 266 Å². The van der Waals surface area contributed by atoms with Crippen molar-refractivity contribution >= 4 is 6.21 Å². The van der Waals surface area contributed by atoms with Crippen LogP contribution in [0, 0.1) is 0 Å². The van der Waals surface area contributed by atoms with Crippen LogP contribution in [0.3, 0.4) is 0 Å². The van der Waals surface area contributed by atoms with Crippen molar-refractivity contribution in [3.63, 3.8) is 0 Å². The Hall–Kier alpha value is -1.59. The van der Waals surface area contributed by atoms with E-state index >= 15 is 0 Å². The molecule has 45 heavy (non-hydrogen) atoms. The third-order valence-electron chi connectivity index (χ3n) is 8.57. The van der Waals surface area contributed by atoms with Gasteiger partial charge in [-0.25, -0.2) is 0 Å². The molecule has 3 fully saturated rings. The normalized spacial score (nSPS) is 39.9. The van der Waals surface area contributed by atoms with Gasteiger partial charge in [0.2, 0.25) is 0 Å². The molecule has 0 aromatic carbocycles. The van der Waals surface area contributed by atoms with Crippen LogP contribution in [0.2, 0.25) is 0 Å². The minimum absolute atomic E-state index is 0.0674. The van der Waals surface area contributed by atoms with Gasteiger partial charge in [-0.1, -0.05) is 28.9 Å². The van der Waals surface area contributed by atoms with Gasteiger partial charge < -0.3 is 61.1 Å². The third kappa shape index (κ3) is 11.0. The quantitative estimate of drug-likeness (QED) is 0.0923. The molecule has 2 saturated heterocycles. The molecule has 13 heteroatoms. The van der Waals surface area contributed by atoms with E-state index in [0.717, 1.165) is 31.3 Å². The van der Waals surface area contributed by atoms with E-state index in [-0.39, 0.29) is 19.4 Å². The lowest BCUT2D eigenvalue weighted by molar-refractivity contribution is -0.301. The van der Waals surface area contributed by atoms with Crippen LogP contribution in [0.1, 0.15) is 66.2 Å². The lowest BCUT2D eigenvalue weighted by atomic mass is 9.84. The highest BCUT2D eigenvalue weighted by molar-refractivity contribution is 5.72. The number of rotatable bonds is 14. The summed E-state index contributed by atoms with van der Waals surface area (Å²) in [5.74, 6) is 0. The smallest absolute Gasteiger partial charge is 0.187 e. The van der Waals surface area contributed by atoms with Crippen molar-refractivity contribution in [1.82, 2.24) is 0 Å². The van der Waals surface area contributed by atoms with Gasteiger partial charge in [-0.2, -0.15) is 0 Å². The van der Waals surface area contributed by atoms with E-state index in [9.17, 15) is 30.6 Å². The van der Waals surface area contributed by atoms with Gasteiger partial charge in [-0.05, 0) is 65.9 Å². The number of hydrogen-bond acceptors (Lipinski definition) is 13. The molecule has 0 aromatic rings. The average Bonchev–Trinajstić information content (AvgIpc) is 3.25. The molecule has 0 radical (unpaired) electrons. The topological polar surface area (TPSA) is 223 Å². The van der Waals surface area contributed by atoms with Gasteiger partial charge in [0, 0.05) is 24.7 Å². The van der Waals surface area contributed by atoms with E-state index in [1.807, 2.05) is 13.0 Å². The molecule has 0 aromatic heterocycles. The highest BCUT2D eigenvalue weighted by Gasteiger charge is 2.51. The summed E-state index contributed by atoms with van der Waals surface area (Å²) in [6, 6.07) is -1.49. The first-order valence-electron chi connectivity index (χ1n) is 15.9. The van der Waals surface area contributed by atoms with Crippen LogP contribution in [0.4, 0.5) is 0 Å². The molecule has 258 valence electrons. The number of ether oxygens (including phenoxy) is 4. The Morgan fingerprint density at radius 1 is 0.778 bits per heavy atom. The van der Waals surface area contributed by atoms with Crippen LogP contribution in [-0.2, 0) is 18.9 Å². The number of aliphatic hydroxyl groups is 6. The maximum Gasteiger partial charge on any atom is 0.187 e. The van der Waals surface area contributed by atoms with Crippen molar-refractivity contribution < 1.29 is 49.6 Å².